The van der Waals surface area contributed by atoms with Gasteiger partial charge in [0.05, 0.1) is 20.1 Å². The van der Waals surface area contributed by atoms with Crippen molar-refractivity contribution in [1.82, 2.24) is 10.2 Å². The van der Waals surface area contributed by atoms with E-state index in [0.717, 1.165) is 5.56 Å². The van der Waals surface area contributed by atoms with E-state index in [1.807, 2.05) is 50.2 Å². The first-order valence-corrected chi connectivity index (χ1v) is 9.81. The Labute approximate surface area is 171 Å². The summed E-state index contributed by atoms with van der Waals surface area (Å²) in [6.45, 7) is 4.68. The maximum absolute atomic E-state index is 13.0. The quantitative estimate of drug-likeness (QED) is 0.815. The number of carbonyl (C=O) groups is 2. The van der Waals surface area contributed by atoms with Gasteiger partial charge in [0, 0.05) is 42.2 Å². The molecule has 2 aromatic rings. The predicted molar refractivity (Wildman–Crippen MR) is 111 cm³/mol. The Morgan fingerprint density at radius 2 is 1.76 bits per heavy atom. The molecule has 0 aromatic heterocycles. The van der Waals surface area contributed by atoms with Gasteiger partial charge in [0.25, 0.3) is 5.91 Å². The molecule has 1 heterocycles. The Hall–Kier alpha value is -3.02. The maximum Gasteiger partial charge on any atom is 0.253 e. The van der Waals surface area contributed by atoms with E-state index in [-0.39, 0.29) is 29.7 Å². The van der Waals surface area contributed by atoms with Gasteiger partial charge >= 0.3 is 0 Å². The lowest BCUT2D eigenvalue weighted by Gasteiger charge is -2.21. The molecule has 0 radical (unpaired) electrons. The molecule has 154 valence electrons. The van der Waals surface area contributed by atoms with Gasteiger partial charge in [0.1, 0.15) is 11.5 Å². The molecule has 6 nitrogen and oxygen atoms in total. The molecule has 1 saturated heterocycles. The van der Waals surface area contributed by atoms with Crippen molar-refractivity contribution in [3.63, 3.8) is 0 Å². The number of nitrogens with zero attached hydrogens (tertiary/aromatic N) is 1. The van der Waals surface area contributed by atoms with Crippen molar-refractivity contribution in [3.8, 4) is 11.5 Å². The number of carbonyl (C=O) groups excluding carboxylic acids is 2. The van der Waals surface area contributed by atoms with Crippen molar-refractivity contribution in [1.29, 1.82) is 0 Å². The summed E-state index contributed by atoms with van der Waals surface area (Å²) in [5.74, 6) is 0.707. The lowest BCUT2D eigenvalue weighted by atomic mass is 9.87. The van der Waals surface area contributed by atoms with Crippen LogP contribution < -0.4 is 14.8 Å². The molecule has 2 atom stereocenters. The van der Waals surface area contributed by atoms with Crippen LogP contribution in [0.15, 0.2) is 48.5 Å². The van der Waals surface area contributed by atoms with Crippen molar-refractivity contribution in [3.05, 3.63) is 59.7 Å². The first-order chi connectivity index (χ1) is 13.9. The molecule has 0 bridgehead atoms. The molecule has 3 rings (SSSR count). The fourth-order valence-corrected chi connectivity index (χ4v) is 3.83. The third kappa shape index (κ3) is 4.53. The average Bonchev–Trinajstić information content (AvgIpc) is 3.18. The van der Waals surface area contributed by atoms with E-state index in [0.29, 0.717) is 30.2 Å². The number of nitrogens with one attached hydrogen (secondary N) is 1. The Balaban J connectivity index is 1.94. The van der Waals surface area contributed by atoms with Crippen LogP contribution in [0.5, 0.6) is 11.5 Å². The van der Waals surface area contributed by atoms with Gasteiger partial charge in [0.2, 0.25) is 5.91 Å². The minimum Gasteiger partial charge on any atom is -0.497 e. The molecule has 2 aromatic carbocycles. The van der Waals surface area contributed by atoms with Gasteiger partial charge in [0.15, 0.2) is 0 Å². The van der Waals surface area contributed by atoms with Gasteiger partial charge in [-0.05, 0) is 32.0 Å². The minimum absolute atomic E-state index is 0.0276. The fraction of sp³-hybridized carbons (Fsp3) is 0.391. The molecular formula is C23H28N2O4. The summed E-state index contributed by atoms with van der Waals surface area (Å²) in [7, 11) is 3.20. The monoisotopic (exact) mass is 396 g/mol. The second-order valence-corrected chi connectivity index (χ2v) is 7.56. The lowest BCUT2D eigenvalue weighted by Crippen LogP contribution is -2.39. The summed E-state index contributed by atoms with van der Waals surface area (Å²) in [5.41, 5.74) is 1.53. The number of hydrogen-bond acceptors (Lipinski definition) is 4. The fourth-order valence-electron chi connectivity index (χ4n) is 3.83. The van der Waals surface area contributed by atoms with E-state index in [4.69, 9.17) is 9.47 Å². The van der Waals surface area contributed by atoms with Crippen LogP contribution in [0, 0.1) is 5.92 Å². The maximum atomic E-state index is 13.0. The van der Waals surface area contributed by atoms with Crippen LogP contribution in [0.25, 0.3) is 0 Å². The van der Waals surface area contributed by atoms with Gasteiger partial charge in [-0.2, -0.15) is 0 Å². The van der Waals surface area contributed by atoms with Gasteiger partial charge in [-0.25, -0.2) is 0 Å². The van der Waals surface area contributed by atoms with E-state index in [1.165, 1.54) is 0 Å². The van der Waals surface area contributed by atoms with E-state index < -0.39 is 0 Å². The highest BCUT2D eigenvalue weighted by Crippen LogP contribution is 2.39. The third-order valence-electron chi connectivity index (χ3n) is 5.24. The molecule has 0 spiro atoms. The molecule has 0 saturated carbocycles. The Morgan fingerprint density at radius 3 is 2.38 bits per heavy atom. The highest BCUT2D eigenvalue weighted by Gasteiger charge is 2.41. The largest absolute Gasteiger partial charge is 0.497 e. The average molecular weight is 396 g/mol. The predicted octanol–water partition coefficient (Wildman–Crippen LogP) is 3.08. The summed E-state index contributed by atoms with van der Waals surface area (Å²) >= 11 is 0. The number of rotatable bonds is 6. The standard InChI is InChI=1S/C23H28N2O4/c1-15(2)24-22(26)20-14-25(23(27)16-8-6-5-7-9-16)13-19(20)18-11-10-17(28-3)12-21(18)29-4/h5-12,15,19-20H,13-14H2,1-4H3,(H,24,26)/t19-,20+/m0/s1. The van der Waals surface area contributed by atoms with Gasteiger partial charge in [-0.15, -0.1) is 0 Å². The molecule has 1 aliphatic heterocycles. The molecule has 0 unspecified atom stereocenters. The summed E-state index contributed by atoms with van der Waals surface area (Å²) in [5, 5.41) is 3.00. The summed E-state index contributed by atoms with van der Waals surface area (Å²) in [6, 6.07) is 14.8. The summed E-state index contributed by atoms with van der Waals surface area (Å²) in [6.07, 6.45) is 0. The van der Waals surface area contributed by atoms with Crippen LogP contribution in [0.2, 0.25) is 0 Å². The zero-order valence-corrected chi connectivity index (χ0v) is 17.3. The number of benzene rings is 2. The first-order valence-electron chi connectivity index (χ1n) is 9.81. The van der Waals surface area contributed by atoms with Crippen molar-refractivity contribution in [2.45, 2.75) is 25.8 Å². The van der Waals surface area contributed by atoms with Crippen LogP contribution in [-0.2, 0) is 4.79 Å². The van der Waals surface area contributed by atoms with Crippen LogP contribution in [0.1, 0.15) is 35.7 Å². The minimum atomic E-state index is -0.354. The topological polar surface area (TPSA) is 67.9 Å². The molecule has 0 aliphatic carbocycles. The number of hydrogen-bond donors (Lipinski definition) is 1. The van der Waals surface area contributed by atoms with Gasteiger partial charge < -0.3 is 19.7 Å². The smallest absolute Gasteiger partial charge is 0.253 e. The Bertz CT molecular complexity index is 866. The van der Waals surface area contributed by atoms with Crippen molar-refractivity contribution in [2.24, 2.45) is 5.92 Å². The second-order valence-electron chi connectivity index (χ2n) is 7.56. The van der Waals surface area contributed by atoms with E-state index in [1.54, 1.807) is 31.3 Å². The Morgan fingerprint density at radius 1 is 1.03 bits per heavy atom. The van der Waals surface area contributed by atoms with E-state index in [9.17, 15) is 9.59 Å². The second kappa shape index (κ2) is 8.99. The third-order valence-corrected chi connectivity index (χ3v) is 5.24. The summed E-state index contributed by atoms with van der Waals surface area (Å²) < 4.78 is 10.9. The highest BCUT2D eigenvalue weighted by atomic mass is 16.5. The molecular weight excluding hydrogens is 368 g/mol. The van der Waals surface area contributed by atoms with Crippen molar-refractivity contribution >= 4 is 11.8 Å². The molecule has 1 fully saturated rings. The van der Waals surface area contributed by atoms with Crippen molar-refractivity contribution < 1.29 is 19.1 Å². The molecule has 29 heavy (non-hydrogen) atoms. The van der Waals surface area contributed by atoms with Gasteiger partial charge in [-0.1, -0.05) is 24.3 Å². The first kappa shape index (κ1) is 20.7. The molecule has 1 N–H and O–H groups in total. The number of ether oxygens (including phenoxy) is 2. The van der Waals surface area contributed by atoms with Crippen LogP contribution in [-0.4, -0.2) is 50.1 Å². The number of likely N-dealkylation sites (tertiary alicyclic amines) is 1. The Kier molecular flexibility index (Phi) is 6.42. The van der Waals surface area contributed by atoms with Crippen LogP contribution >= 0.6 is 0 Å². The molecule has 2 amide bonds. The summed E-state index contributed by atoms with van der Waals surface area (Å²) in [4.78, 5) is 27.7. The number of amides is 2. The zero-order chi connectivity index (χ0) is 21.0. The van der Waals surface area contributed by atoms with E-state index in [2.05, 4.69) is 5.32 Å². The van der Waals surface area contributed by atoms with E-state index >= 15 is 0 Å². The highest BCUT2D eigenvalue weighted by molar-refractivity contribution is 5.95. The van der Waals surface area contributed by atoms with Crippen LogP contribution in [0.3, 0.4) is 0 Å². The lowest BCUT2D eigenvalue weighted by molar-refractivity contribution is -0.125. The van der Waals surface area contributed by atoms with Crippen molar-refractivity contribution in [2.75, 3.05) is 27.3 Å². The van der Waals surface area contributed by atoms with Crippen LogP contribution in [0.4, 0.5) is 0 Å². The molecule has 1 aliphatic rings. The SMILES string of the molecule is COc1ccc([C@@H]2CN(C(=O)c3ccccc3)C[C@H]2C(=O)NC(C)C)c(OC)c1. The zero-order valence-electron chi connectivity index (χ0n) is 17.3. The van der Waals surface area contributed by atoms with Gasteiger partial charge in [-0.3, -0.25) is 9.59 Å². The number of methoxy groups -OCH3 is 2. The molecule has 6 heteroatoms. The normalized spacial score (nSPS) is 18.6.